The Bertz CT molecular complexity index is 292. The molecule has 2 rings (SSSR count). The van der Waals surface area contributed by atoms with Crippen molar-refractivity contribution < 1.29 is 9.13 Å². The number of rotatable bonds is 1. The molecule has 1 aromatic rings. The van der Waals surface area contributed by atoms with Gasteiger partial charge in [-0.25, -0.2) is 4.39 Å². The molecule has 0 aromatic heterocycles. The number of hydrogen-bond donors (Lipinski definition) is 0. The third kappa shape index (κ3) is 1.23. The molecule has 1 heterocycles. The molecule has 0 amide bonds. The molecule has 0 radical (unpaired) electrons. The first kappa shape index (κ1) is 7.74. The Hall–Kier alpha value is -0.890. The van der Waals surface area contributed by atoms with Gasteiger partial charge in [-0.15, -0.1) is 0 Å². The van der Waals surface area contributed by atoms with Crippen LogP contribution in [0.3, 0.4) is 0 Å². The third-order valence-electron chi connectivity index (χ3n) is 2.31. The molecule has 1 aliphatic heterocycles. The van der Waals surface area contributed by atoms with Crippen LogP contribution in [0, 0.1) is 12.7 Å². The zero-order valence-corrected chi connectivity index (χ0v) is 7.01. The molecular formula is C10H11FO. The molecule has 64 valence electrons. The van der Waals surface area contributed by atoms with Crippen molar-refractivity contribution in [3.63, 3.8) is 0 Å². The summed E-state index contributed by atoms with van der Waals surface area (Å²) in [5.74, 6) is 0.305. The van der Waals surface area contributed by atoms with Gasteiger partial charge in [-0.1, -0.05) is 12.1 Å². The second-order valence-corrected chi connectivity index (χ2v) is 3.24. The van der Waals surface area contributed by atoms with Gasteiger partial charge in [-0.05, 0) is 24.1 Å². The molecule has 0 saturated carbocycles. The summed E-state index contributed by atoms with van der Waals surface area (Å²) >= 11 is 0. The fourth-order valence-electron chi connectivity index (χ4n) is 1.29. The van der Waals surface area contributed by atoms with Gasteiger partial charge >= 0.3 is 0 Å². The lowest BCUT2D eigenvalue weighted by Crippen LogP contribution is -2.25. The predicted octanol–water partition coefficient (Wildman–Crippen LogP) is 2.25. The van der Waals surface area contributed by atoms with Crippen LogP contribution in [0.15, 0.2) is 18.2 Å². The molecule has 0 bridgehead atoms. The average Bonchev–Trinajstić information content (AvgIpc) is 1.93. The summed E-state index contributed by atoms with van der Waals surface area (Å²) in [5, 5.41) is 0. The van der Waals surface area contributed by atoms with Gasteiger partial charge < -0.3 is 4.74 Å². The highest BCUT2D eigenvalue weighted by atomic mass is 19.1. The highest BCUT2D eigenvalue weighted by Gasteiger charge is 2.20. The van der Waals surface area contributed by atoms with Crippen molar-refractivity contribution in [3.8, 4) is 0 Å². The van der Waals surface area contributed by atoms with E-state index in [0.29, 0.717) is 11.5 Å². The van der Waals surface area contributed by atoms with E-state index in [9.17, 15) is 4.39 Å². The lowest BCUT2D eigenvalue weighted by atomic mass is 9.96. The fraction of sp³-hybridized carbons (Fsp3) is 0.400. The molecule has 12 heavy (non-hydrogen) atoms. The zero-order chi connectivity index (χ0) is 8.55. The number of benzene rings is 1. The van der Waals surface area contributed by atoms with E-state index < -0.39 is 0 Å². The van der Waals surface area contributed by atoms with Gasteiger partial charge in [0.2, 0.25) is 0 Å². The Labute approximate surface area is 71.2 Å². The van der Waals surface area contributed by atoms with Crippen LogP contribution < -0.4 is 0 Å². The largest absolute Gasteiger partial charge is 0.380 e. The molecule has 0 N–H and O–H groups in total. The Balaban J connectivity index is 2.27. The topological polar surface area (TPSA) is 9.23 Å². The monoisotopic (exact) mass is 166 g/mol. The maximum absolute atomic E-state index is 13.1. The average molecular weight is 166 g/mol. The molecule has 1 aromatic carbocycles. The third-order valence-corrected chi connectivity index (χ3v) is 2.31. The van der Waals surface area contributed by atoms with Crippen molar-refractivity contribution in [1.82, 2.24) is 0 Å². The van der Waals surface area contributed by atoms with Crippen molar-refractivity contribution >= 4 is 0 Å². The highest BCUT2D eigenvalue weighted by molar-refractivity contribution is 5.27. The van der Waals surface area contributed by atoms with Crippen LogP contribution in [0.2, 0.25) is 0 Å². The quantitative estimate of drug-likeness (QED) is 0.621. The van der Waals surface area contributed by atoms with Crippen LogP contribution in [0.25, 0.3) is 0 Å². The van der Waals surface area contributed by atoms with E-state index in [4.69, 9.17) is 4.74 Å². The molecule has 0 spiro atoms. The van der Waals surface area contributed by atoms with Crippen LogP contribution >= 0.6 is 0 Å². The van der Waals surface area contributed by atoms with Crippen molar-refractivity contribution in [2.45, 2.75) is 12.8 Å². The van der Waals surface area contributed by atoms with Crippen molar-refractivity contribution in [1.29, 1.82) is 0 Å². The summed E-state index contributed by atoms with van der Waals surface area (Å²) < 4.78 is 18.1. The van der Waals surface area contributed by atoms with Crippen LogP contribution in [0.1, 0.15) is 17.0 Å². The van der Waals surface area contributed by atoms with E-state index in [1.54, 1.807) is 13.0 Å². The summed E-state index contributed by atoms with van der Waals surface area (Å²) in [6.45, 7) is 3.25. The van der Waals surface area contributed by atoms with Gasteiger partial charge in [-0.2, -0.15) is 0 Å². The molecule has 1 saturated heterocycles. The first-order chi connectivity index (χ1) is 5.77. The maximum atomic E-state index is 13.1. The van der Waals surface area contributed by atoms with Gasteiger partial charge in [0.15, 0.2) is 0 Å². The Morgan fingerprint density at radius 3 is 2.67 bits per heavy atom. The maximum Gasteiger partial charge on any atom is 0.126 e. The Morgan fingerprint density at radius 1 is 1.42 bits per heavy atom. The molecule has 0 atom stereocenters. The second-order valence-electron chi connectivity index (χ2n) is 3.24. The summed E-state index contributed by atoms with van der Waals surface area (Å²) in [5.41, 5.74) is 1.77. The summed E-state index contributed by atoms with van der Waals surface area (Å²) in [7, 11) is 0. The summed E-state index contributed by atoms with van der Waals surface area (Å²) in [4.78, 5) is 0. The number of hydrogen-bond acceptors (Lipinski definition) is 1. The van der Waals surface area contributed by atoms with Crippen LogP contribution in [-0.2, 0) is 4.74 Å². The minimum atomic E-state index is -0.112. The molecule has 1 nitrogen and oxygen atoms in total. The summed E-state index contributed by atoms with van der Waals surface area (Å²) in [6.07, 6.45) is 0. The van der Waals surface area contributed by atoms with Gasteiger partial charge in [-0.3, -0.25) is 0 Å². The van der Waals surface area contributed by atoms with Crippen molar-refractivity contribution in [2.75, 3.05) is 13.2 Å². The summed E-state index contributed by atoms with van der Waals surface area (Å²) in [6, 6.07) is 5.41. The minimum Gasteiger partial charge on any atom is -0.380 e. The van der Waals surface area contributed by atoms with E-state index in [1.807, 2.05) is 12.1 Å². The van der Waals surface area contributed by atoms with E-state index in [2.05, 4.69) is 0 Å². The normalized spacial score (nSPS) is 17.5. The van der Waals surface area contributed by atoms with Crippen LogP contribution in [0.5, 0.6) is 0 Å². The standard InChI is InChI=1S/C10H11FO/c1-7-2-3-8(4-10(7)11)9-5-12-6-9/h2-4,9H,5-6H2,1H3. The highest BCUT2D eigenvalue weighted by Crippen LogP contribution is 2.24. The first-order valence-electron chi connectivity index (χ1n) is 4.11. The van der Waals surface area contributed by atoms with Gasteiger partial charge in [0.05, 0.1) is 13.2 Å². The van der Waals surface area contributed by atoms with Crippen LogP contribution in [-0.4, -0.2) is 13.2 Å². The fourth-order valence-corrected chi connectivity index (χ4v) is 1.29. The molecule has 2 heteroatoms. The number of ether oxygens (including phenoxy) is 1. The zero-order valence-electron chi connectivity index (χ0n) is 7.01. The van der Waals surface area contributed by atoms with E-state index in [-0.39, 0.29) is 5.82 Å². The molecule has 1 aliphatic rings. The SMILES string of the molecule is Cc1ccc(C2COC2)cc1F. The molecule has 0 aliphatic carbocycles. The van der Waals surface area contributed by atoms with Crippen molar-refractivity contribution in [2.24, 2.45) is 0 Å². The second kappa shape index (κ2) is 2.87. The smallest absolute Gasteiger partial charge is 0.126 e. The van der Waals surface area contributed by atoms with E-state index >= 15 is 0 Å². The number of aryl methyl sites for hydroxylation is 1. The number of halogens is 1. The lowest BCUT2D eigenvalue weighted by Gasteiger charge is -2.26. The van der Waals surface area contributed by atoms with Gasteiger partial charge in [0, 0.05) is 5.92 Å². The molecule has 1 fully saturated rings. The first-order valence-corrected chi connectivity index (χ1v) is 4.11. The Kier molecular flexibility index (Phi) is 1.85. The van der Waals surface area contributed by atoms with Crippen molar-refractivity contribution in [3.05, 3.63) is 35.1 Å². The Morgan fingerprint density at radius 2 is 2.17 bits per heavy atom. The minimum absolute atomic E-state index is 0.112. The predicted molar refractivity (Wildman–Crippen MR) is 44.7 cm³/mol. The van der Waals surface area contributed by atoms with E-state index in [1.165, 1.54) is 0 Å². The molecule has 0 unspecified atom stereocenters. The van der Waals surface area contributed by atoms with Crippen LogP contribution in [0.4, 0.5) is 4.39 Å². The van der Waals surface area contributed by atoms with E-state index in [0.717, 1.165) is 18.8 Å². The van der Waals surface area contributed by atoms with Gasteiger partial charge in [0.25, 0.3) is 0 Å². The lowest BCUT2D eigenvalue weighted by molar-refractivity contribution is 0.00831. The molecular weight excluding hydrogens is 155 g/mol. The van der Waals surface area contributed by atoms with Gasteiger partial charge in [0.1, 0.15) is 5.82 Å².